The van der Waals surface area contributed by atoms with Crippen molar-refractivity contribution in [2.75, 3.05) is 0 Å². The zero-order valence-corrected chi connectivity index (χ0v) is 8.01. The smallest absolute Gasteiger partial charge is 0.158 e. The van der Waals surface area contributed by atoms with Gasteiger partial charge >= 0.3 is 0 Å². The van der Waals surface area contributed by atoms with Crippen LogP contribution in [0.1, 0.15) is 25.3 Å². The molecule has 0 saturated heterocycles. The summed E-state index contributed by atoms with van der Waals surface area (Å²) < 4.78 is 0. The molecule has 0 bridgehead atoms. The number of aliphatic hydroxyl groups is 2. The molecular weight excluding hydrogens is 164 g/mol. The highest BCUT2D eigenvalue weighted by Gasteiger charge is 2.21. The summed E-state index contributed by atoms with van der Waals surface area (Å²) in [6.07, 6.45) is -1.28. The second-order valence-corrected chi connectivity index (χ2v) is 3.59. The predicted octanol–water partition coefficient (Wildman–Crippen LogP) is 1.74. The Kier molecular flexibility index (Phi) is 3.46. The van der Waals surface area contributed by atoms with Crippen molar-refractivity contribution in [3.05, 3.63) is 35.9 Å². The summed E-state index contributed by atoms with van der Waals surface area (Å²) in [5, 5.41) is 18.4. The number of aliphatic hydroxyl groups excluding tert-OH is 1. The largest absolute Gasteiger partial charge is 0.368 e. The quantitative estimate of drug-likeness (QED) is 0.695. The van der Waals surface area contributed by atoms with Gasteiger partial charge < -0.3 is 10.2 Å². The molecule has 1 aromatic carbocycles. The maximum atomic E-state index is 9.19. The van der Waals surface area contributed by atoms with Crippen molar-refractivity contribution >= 4 is 0 Å². The molecule has 1 rings (SSSR count). The van der Waals surface area contributed by atoms with Crippen molar-refractivity contribution in [1.29, 1.82) is 0 Å². The highest BCUT2D eigenvalue weighted by atomic mass is 16.5. The van der Waals surface area contributed by atoms with Crippen molar-refractivity contribution in [1.82, 2.24) is 0 Å². The van der Waals surface area contributed by atoms with Crippen LogP contribution in [0.15, 0.2) is 30.3 Å². The van der Waals surface area contributed by atoms with E-state index in [1.807, 2.05) is 44.2 Å². The van der Waals surface area contributed by atoms with Gasteiger partial charge in [0.05, 0.1) is 0 Å². The van der Waals surface area contributed by atoms with Gasteiger partial charge in [-0.15, -0.1) is 0 Å². The van der Waals surface area contributed by atoms with Crippen LogP contribution in [-0.2, 0) is 0 Å². The average Bonchev–Trinajstić information content (AvgIpc) is 2.04. The molecule has 72 valence electrons. The van der Waals surface area contributed by atoms with Crippen LogP contribution < -0.4 is 0 Å². The van der Waals surface area contributed by atoms with E-state index in [-0.39, 0.29) is 11.8 Å². The second kappa shape index (κ2) is 4.40. The van der Waals surface area contributed by atoms with Gasteiger partial charge in [0.25, 0.3) is 0 Å². The number of benzene rings is 1. The summed E-state index contributed by atoms with van der Waals surface area (Å²) in [5.74, 6) is 0.0311. The molecule has 0 unspecified atom stereocenters. The lowest BCUT2D eigenvalue weighted by Crippen LogP contribution is -2.22. The summed E-state index contributed by atoms with van der Waals surface area (Å²) >= 11 is 0. The van der Waals surface area contributed by atoms with Crippen LogP contribution in [0.2, 0.25) is 0 Å². The lowest BCUT2D eigenvalue weighted by molar-refractivity contribution is -0.0702. The molecule has 0 aromatic heterocycles. The van der Waals surface area contributed by atoms with Crippen LogP contribution in [0, 0.1) is 5.92 Å². The molecular formula is C11H16O2. The van der Waals surface area contributed by atoms with Gasteiger partial charge in [-0.05, 0) is 11.5 Å². The maximum absolute atomic E-state index is 9.19. The fourth-order valence-electron chi connectivity index (χ4n) is 1.58. The molecule has 13 heavy (non-hydrogen) atoms. The van der Waals surface area contributed by atoms with Gasteiger partial charge in [-0.25, -0.2) is 0 Å². The Balaban J connectivity index is 2.89. The first-order chi connectivity index (χ1) is 6.13. The fourth-order valence-corrected chi connectivity index (χ4v) is 1.58. The molecule has 0 spiro atoms. The second-order valence-electron chi connectivity index (χ2n) is 3.59. The van der Waals surface area contributed by atoms with Crippen LogP contribution in [0.5, 0.6) is 0 Å². The van der Waals surface area contributed by atoms with E-state index in [4.69, 9.17) is 0 Å². The van der Waals surface area contributed by atoms with E-state index in [0.717, 1.165) is 5.56 Å². The van der Waals surface area contributed by atoms with E-state index >= 15 is 0 Å². The average molecular weight is 180 g/mol. The first-order valence-corrected chi connectivity index (χ1v) is 4.54. The molecule has 2 N–H and O–H groups in total. The molecule has 1 aromatic rings. The standard InChI is InChI=1S/C11H16O2/c1-8(2)10(11(12)13)9-6-4-3-5-7-9/h3-8,10-13H,1-2H3/t10-/m1/s1. The summed E-state index contributed by atoms with van der Waals surface area (Å²) in [7, 11) is 0. The van der Waals surface area contributed by atoms with E-state index in [9.17, 15) is 10.2 Å². The van der Waals surface area contributed by atoms with Crippen LogP contribution in [-0.4, -0.2) is 16.5 Å². The van der Waals surface area contributed by atoms with E-state index in [2.05, 4.69) is 0 Å². The third-order valence-corrected chi connectivity index (χ3v) is 2.22. The fraction of sp³-hybridized carbons (Fsp3) is 0.455. The van der Waals surface area contributed by atoms with Gasteiger partial charge in [0.1, 0.15) is 0 Å². The van der Waals surface area contributed by atoms with Crippen molar-refractivity contribution in [3.63, 3.8) is 0 Å². The van der Waals surface area contributed by atoms with Crippen molar-refractivity contribution in [2.24, 2.45) is 5.92 Å². The monoisotopic (exact) mass is 180 g/mol. The van der Waals surface area contributed by atoms with Gasteiger partial charge in [-0.1, -0.05) is 44.2 Å². The van der Waals surface area contributed by atoms with Crippen molar-refractivity contribution in [2.45, 2.75) is 26.1 Å². The Morgan fingerprint density at radius 1 is 1.00 bits per heavy atom. The normalized spacial score (nSPS) is 13.7. The Bertz CT molecular complexity index is 234. The summed E-state index contributed by atoms with van der Waals surface area (Å²) in [6, 6.07) is 9.58. The van der Waals surface area contributed by atoms with Crippen LogP contribution in [0.3, 0.4) is 0 Å². The molecule has 0 heterocycles. The first kappa shape index (κ1) is 10.2. The highest BCUT2D eigenvalue weighted by molar-refractivity contribution is 5.20. The molecule has 2 heteroatoms. The number of hydrogen-bond acceptors (Lipinski definition) is 2. The number of hydrogen-bond donors (Lipinski definition) is 2. The zero-order valence-electron chi connectivity index (χ0n) is 8.01. The Labute approximate surface area is 78.8 Å². The minimum Gasteiger partial charge on any atom is -0.368 e. The maximum Gasteiger partial charge on any atom is 0.158 e. The number of rotatable bonds is 3. The molecule has 0 fully saturated rings. The zero-order chi connectivity index (χ0) is 9.84. The van der Waals surface area contributed by atoms with E-state index < -0.39 is 6.29 Å². The molecule has 0 aliphatic rings. The lowest BCUT2D eigenvalue weighted by Gasteiger charge is -2.22. The molecule has 0 aliphatic heterocycles. The topological polar surface area (TPSA) is 40.5 Å². The van der Waals surface area contributed by atoms with Crippen LogP contribution in [0.25, 0.3) is 0 Å². The van der Waals surface area contributed by atoms with Gasteiger partial charge in [0.15, 0.2) is 6.29 Å². The highest BCUT2D eigenvalue weighted by Crippen LogP contribution is 2.26. The van der Waals surface area contributed by atoms with E-state index in [1.165, 1.54) is 0 Å². The summed E-state index contributed by atoms with van der Waals surface area (Å²) in [5.41, 5.74) is 0.979. The van der Waals surface area contributed by atoms with E-state index in [0.29, 0.717) is 0 Å². The predicted molar refractivity (Wildman–Crippen MR) is 52.2 cm³/mol. The molecule has 0 radical (unpaired) electrons. The van der Waals surface area contributed by atoms with Gasteiger partial charge in [-0.2, -0.15) is 0 Å². The third-order valence-electron chi connectivity index (χ3n) is 2.22. The minimum atomic E-state index is -1.28. The van der Waals surface area contributed by atoms with Gasteiger partial charge in [0.2, 0.25) is 0 Å². The lowest BCUT2D eigenvalue weighted by atomic mass is 9.88. The Morgan fingerprint density at radius 2 is 1.54 bits per heavy atom. The van der Waals surface area contributed by atoms with Crippen LogP contribution >= 0.6 is 0 Å². The van der Waals surface area contributed by atoms with E-state index in [1.54, 1.807) is 0 Å². The first-order valence-electron chi connectivity index (χ1n) is 4.54. The van der Waals surface area contributed by atoms with Crippen molar-refractivity contribution < 1.29 is 10.2 Å². The molecule has 0 saturated carbocycles. The molecule has 1 atom stereocenters. The summed E-state index contributed by atoms with van der Waals surface area (Å²) in [6.45, 7) is 3.97. The Hall–Kier alpha value is -0.860. The Morgan fingerprint density at radius 3 is 1.92 bits per heavy atom. The molecule has 2 nitrogen and oxygen atoms in total. The third kappa shape index (κ3) is 2.54. The minimum absolute atomic E-state index is 0.193. The van der Waals surface area contributed by atoms with Crippen LogP contribution in [0.4, 0.5) is 0 Å². The van der Waals surface area contributed by atoms with Gasteiger partial charge in [0, 0.05) is 5.92 Å². The SMILES string of the molecule is CC(C)[C@H](c1ccccc1)C(O)O. The summed E-state index contributed by atoms with van der Waals surface area (Å²) in [4.78, 5) is 0. The molecule has 0 amide bonds. The molecule has 0 aliphatic carbocycles. The van der Waals surface area contributed by atoms with Crippen molar-refractivity contribution in [3.8, 4) is 0 Å². The van der Waals surface area contributed by atoms with Gasteiger partial charge in [-0.3, -0.25) is 0 Å².